The van der Waals surface area contributed by atoms with Crippen molar-refractivity contribution in [1.29, 1.82) is 0 Å². The second-order valence-electron chi connectivity index (χ2n) is 9.75. The second kappa shape index (κ2) is 12.4. The molecule has 0 bridgehead atoms. The molecule has 0 aliphatic carbocycles. The van der Waals surface area contributed by atoms with Crippen LogP contribution in [0.15, 0.2) is 66.9 Å². The van der Waals surface area contributed by atoms with E-state index in [1.807, 2.05) is 29.2 Å². The molecule has 0 unspecified atom stereocenters. The fraction of sp³-hybridized carbons (Fsp3) is 0.290. The summed E-state index contributed by atoms with van der Waals surface area (Å²) >= 11 is 0. The molecule has 1 fully saturated rings. The Kier molecular flexibility index (Phi) is 8.48. The number of rotatable bonds is 8. The van der Waals surface area contributed by atoms with Crippen LogP contribution in [0.1, 0.15) is 15.9 Å². The summed E-state index contributed by atoms with van der Waals surface area (Å²) in [5, 5.41) is 0. The lowest BCUT2D eigenvalue weighted by molar-refractivity contribution is -0.286. The molecule has 12 heteroatoms. The highest BCUT2D eigenvalue weighted by Gasteiger charge is 2.52. The Morgan fingerprint density at radius 1 is 0.860 bits per heavy atom. The molecule has 2 aromatic carbocycles. The third kappa shape index (κ3) is 6.09. The van der Waals surface area contributed by atoms with Crippen LogP contribution in [0.25, 0.3) is 11.3 Å². The first-order valence-corrected chi connectivity index (χ1v) is 13.4. The predicted molar refractivity (Wildman–Crippen MR) is 153 cm³/mol. The molecule has 0 atom stereocenters. The van der Waals surface area contributed by atoms with Crippen LogP contribution in [0.3, 0.4) is 0 Å². The van der Waals surface area contributed by atoms with Crippen molar-refractivity contribution in [3.05, 3.63) is 78.0 Å². The Morgan fingerprint density at radius 2 is 1.51 bits per heavy atom. The third-order valence-electron chi connectivity index (χ3n) is 7.12. The fourth-order valence-corrected chi connectivity index (χ4v) is 5.07. The Hall–Kier alpha value is -5.10. The van der Waals surface area contributed by atoms with E-state index in [0.29, 0.717) is 47.3 Å². The minimum Gasteiger partial charge on any atom is -0.497 e. The number of methoxy groups -OCH3 is 4. The molecule has 1 amide bonds. The molecule has 1 spiro atoms. The Bertz CT molecular complexity index is 1510. The molecule has 0 saturated carbocycles. The number of carbonyl (C=O) groups excluding carboxylic acids is 3. The van der Waals surface area contributed by atoms with Crippen molar-refractivity contribution in [2.24, 2.45) is 0 Å². The first kappa shape index (κ1) is 29.4. The van der Waals surface area contributed by atoms with Gasteiger partial charge >= 0.3 is 17.8 Å². The van der Waals surface area contributed by atoms with Crippen LogP contribution in [-0.2, 0) is 25.6 Å². The van der Waals surface area contributed by atoms with Crippen LogP contribution >= 0.6 is 0 Å². The van der Waals surface area contributed by atoms with Crippen LogP contribution in [0.5, 0.6) is 23.0 Å². The van der Waals surface area contributed by atoms with Crippen molar-refractivity contribution in [3.8, 4) is 34.3 Å². The highest BCUT2D eigenvalue weighted by molar-refractivity contribution is 5.97. The van der Waals surface area contributed by atoms with Crippen LogP contribution in [0.4, 0.5) is 0 Å². The minimum absolute atomic E-state index is 0.0735. The number of benzene rings is 2. The molecule has 0 radical (unpaired) electrons. The van der Waals surface area contributed by atoms with Crippen molar-refractivity contribution in [2.45, 2.75) is 12.5 Å². The van der Waals surface area contributed by atoms with Gasteiger partial charge in [-0.05, 0) is 54.1 Å². The van der Waals surface area contributed by atoms with Gasteiger partial charge in [-0.15, -0.1) is 0 Å². The Labute approximate surface area is 248 Å². The minimum atomic E-state index is -1.97. The lowest BCUT2D eigenvalue weighted by atomic mass is 10.1. The summed E-state index contributed by atoms with van der Waals surface area (Å²) < 4.78 is 32.9. The smallest absolute Gasteiger partial charge is 0.358 e. The quantitative estimate of drug-likeness (QED) is 0.360. The number of hydrogen-bond acceptors (Lipinski definition) is 11. The molecule has 0 N–H and O–H groups in total. The van der Waals surface area contributed by atoms with E-state index in [2.05, 4.69) is 4.98 Å². The van der Waals surface area contributed by atoms with E-state index in [9.17, 15) is 14.4 Å². The number of esters is 2. The Morgan fingerprint density at radius 3 is 2.09 bits per heavy atom. The third-order valence-corrected chi connectivity index (χ3v) is 7.12. The number of carbonyl (C=O) groups is 3. The molecular weight excluding hydrogens is 558 g/mol. The van der Waals surface area contributed by atoms with E-state index in [-0.39, 0.29) is 13.1 Å². The molecule has 224 valence electrons. The summed E-state index contributed by atoms with van der Waals surface area (Å²) in [5.41, 5.74) is 2.62. The summed E-state index contributed by atoms with van der Waals surface area (Å²) in [6, 6.07) is 13.9. The Balaban J connectivity index is 1.42. The zero-order chi connectivity index (χ0) is 30.6. The van der Waals surface area contributed by atoms with Crippen molar-refractivity contribution in [2.75, 3.05) is 48.1 Å². The number of hydrogen-bond donors (Lipinski definition) is 0. The summed E-state index contributed by atoms with van der Waals surface area (Å²) in [6.45, 7) is 0.842. The van der Waals surface area contributed by atoms with Gasteiger partial charge in [0.25, 0.3) is 5.91 Å². The van der Waals surface area contributed by atoms with Gasteiger partial charge in [-0.25, -0.2) is 9.59 Å². The molecule has 2 aliphatic rings. The number of pyridine rings is 1. The molecule has 1 saturated heterocycles. The van der Waals surface area contributed by atoms with Crippen molar-refractivity contribution >= 4 is 17.8 Å². The molecule has 5 rings (SSSR count). The average Bonchev–Trinajstić information content (AvgIpc) is 3.16. The lowest BCUT2D eigenvalue weighted by Gasteiger charge is -2.47. The predicted octanol–water partition coefficient (Wildman–Crippen LogP) is 3.05. The van der Waals surface area contributed by atoms with Crippen molar-refractivity contribution in [1.82, 2.24) is 14.8 Å². The van der Waals surface area contributed by atoms with Gasteiger partial charge in [-0.1, -0.05) is 0 Å². The summed E-state index contributed by atoms with van der Waals surface area (Å²) in [4.78, 5) is 46.5. The molecule has 3 heterocycles. The zero-order valence-corrected chi connectivity index (χ0v) is 24.2. The number of nitrogens with zero attached hydrogens (tertiary/aromatic N) is 3. The van der Waals surface area contributed by atoms with E-state index < -0.39 is 23.8 Å². The topological polar surface area (TPSA) is 126 Å². The fourth-order valence-electron chi connectivity index (χ4n) is 5.07. The summed E-state index contributed by atoms with van der Waals surface area (Å²) in [7, 11) is 6.15. The van der Waals surface area contributed by atoms with Gasteiger partial charge in [-0.2, -0.15) is 0 Å². The monoisotopic (exact) mass is 589 g/mol. The lowest BCUT2D eigenvalue weighted by Crippen LogP contribution is -2.67. The van der Waals surface area contributed by atoms with Crippen LogP contribution < -0.4 is 18.9 Å². The van der Waals surface area contributed by atoms with Gasteiger partial charge in [0.1, 0.15) is 5.75 Å². The van der Waals surface area contributed by atoms with Gasteiger partial charge in [-0.3, -0.25) is 19.6 Å². The van der Waals surface area contributed by atoms with Crippen LogP contribution in [0, 0.1) is 0 Å². The van der Waals surface area contributed by atoms with Gasteiger partial charge in [0.05, 0.1) is 40.7 Å². The molecular formula is C31H31N3O9. The maximum Gasteiger partial charge on any atom is 0.358 e. The SMILES string of the molecule is COc1ccc(C(=O)N2CCN(Cc3ccnc(-c4cc(OC)c(OC)c(OC)c4)c3)CC23OC(=O)C=CC(=O)O3)cc1. The standard InChI is InChI=1S/C31H31N3O9/c1-38-23-7-5-21(6-8-23)30(37)34-14-13-33(19-31(34)42-27(35)9-10-28(36)43-31)18-20-11-12-32-24(15-20)22-16-25(39-2)29(41-4)26(17-22)40-3/h5-12,15-17H,13-14,18-19H2,1-4H3. The first-order chi connectivity index (χ1) is 20.8. The maximum absolute atomic E-state index is 13.6. The maximum atomic E-state index is 13.6. The molecule has 12 nitrogen and oxygen atoms in total. The largest absolute Gasteiger partial charge is 0.497 e. The van der Waals surface area contributed by atoms with Crippen LogP contribution in [-0.4, -0.2) is 86.6 Å². The van der Waals surface area contributed by atoms with E-state index in [0.717, 1.165) is 23.3 Å². The van der Waals surface area contributed by atoms with Gasteiger partial charge in [0.2, 0.25) is 5.75 Å². The van der Waals surface area contributed by atoms with E-state index in [4.69, 9.17) is 28.4 Å². The number of ether oxygens (including phenoxy) is 6. The van der Waals surface area contributed by atoms with Crippen molar-refractivity contribution < 1.29 is 42.8 Å². The number of amides is 1. The molecule has 1 aromatic heterocycles. The van der Waals surface area contributed by atoms with Crippen molar-refractivity contribution in [3.63, 3.8) is 0 Å². The van der Waals surface area contributed by atoms with E-state index in [1.165, 1.54) is 19.1 Å². The summed E-state index contributed by atoms with van der Waals surface area (Å²) in [6.07, 6.45) is 3.65. The van der Waals surface area contributed by atoms with E-state index in [1.54, 1.807) is 44.7 Å². The number of aromatic nitrogens is 1. The van der Waals surface area contributed by atoms with Gasteiger partial charge in [0.15, 0.2) is 11.5 Å². The van der Waals surface area contributed by atoms with Gasteiger partial charge < -0.3 is 28.4 Å². The van der Waals surface area contributed by atoms with Crippen LogP contribution in [0.2, 0.25) is 0 Å². The highest BCUT2D eigenvalue weighted by atomic mass is 16.8. The first-order valence-electron chi connectivity index (χ1n) is 13.4. The normalized spacial score (nSPS) is 16.2. The second-order valence-corrected chi connectivity index (χ2v) is 9.75. The molecule has 2 aliphatic heterocycles. The highest BCUT2D eigenvalue weighted by Crippen LogP contribution is 2.41. The zero-order valence-electron chi connectivity index (χ0n) is 24.2. The summed E-state index contributed by atoms with van der Waals surface area (Å²) in [5.74, 6) is -1.99. The average molecular weight is 590 g/mol. The van der Waals surface area contributed by atoms with Gasteiger partial charge in [0, 0.05) is 49.1 Å². The number of piperazine rings is 1. The van der Waals surface area contributed by atoms with E-state index >= 15 is 0 Å². The molecule has 3 aromatic rings. The molecule has 43 heavy (non-hydrogen) atoms.